The van der Waals surface area contributed by atoms with E-state index in [1.807, 2.05) is 45.9 Å². The maximum absolute atomic E-state index is 14.4. The van der Waals surface area contributed by atoms with Crippen LogP contribution in [0.15, 0.2) is 18.2 Å². The molecule has 0 amide bonds. The van der Waals surface area contributed by atoms with E-state index in [1.165, 1.54) is 0 Å². The molecule has 0 fully saturated rings. The van der Waals surface area contributed by atoms with Gasteiger partial charge in [-0.15, -0.1) is 0 Å². The minimum atomic E-state index is -0.954. The molecule has 1 aromatic rings. The van der Waals surface area contributed by atoms with Gasteiger partial charge < -0.3 is 5.73 Å². The lowest BCUT2D eigenvalue weighted by Crippen LogP contribution is -2.25. The van der Waals surface area contributed by atoms with Crippen molar-refractivity contribution in [3.63, 3.8) is 0 Å². The molecule has 1 nitrogen and oxygen atoms in total. The van der Waals surface area contributed by atoms with Crippen LogP contribution < -0.4 is 5.73 Å². The second-order valence-corrected chi connectivity index (χ2v) is 4.91. The first-order chi connectivity index (χ1) is 7.47. The predicted octanol–water partition coefficient (Wildman–Crippen LogP) is 3.54. The number of hydrogen-bond donors (Lipinski definition) is 1. The molecule has 0 aliphatic heterocycles. The molecule has 0 radical (unpaired) electrons. The molecule has 16 heavy (non-hydrogen) atoms. The van der Waals surface area contributed by atoms with Crippen LogP contribution in [-0.2, 0) is 0 Å². The first-order valence-electron chi connectivity index (χ1n) is 5.88. The Hall–Kier alpha value is -0.890. The molecule has 0 aliphatic rings. The summed E-state index contributed by atoms with van der Waals surface area (Å²) in [6, 6.07) is 5.93. The quantitative estimate of drug-likeness (QED) is 0.830. The van der Waals surface area contributed by atoms with Gasteiger partial charge in [-0.25, -0.2) is 4.39 Å². The van der Waals surface area contributed by atoms with Gasteiger partial charge in [-0.2, -0.15) is 0 Å². The van der Waals surface area contributed by atoms with Gasteiger partial charge in [0, 0.05) is 5.92 Å². The van der Waals surface area contributed by atoms with E-state index >= 15 is 0 Å². The molecule has 0 aliphatic carbocycles. The smallest absolute Gasteiger partial charge is 0.130 e. The maximum atomic E-state index is 14.4. The summed E-state index contributed by atoms with van der Waals surface area (Å²) in [6.45, 7) is 8.38. The highest BCUT2D eigenvalue weighted by atomic mass is 19.1. The number of halogens is 1. The summed E-state index contributed by atoms with van der Waals surface area (Å²) < 4.78 is 14.4. The molecule has 0 spiro atoms. The Morgan fingerprint density at radius 1 is 1.25 bits per heavy atom. The lowest BCUT2D eigenvalue weighted by molar-refractivity contribution is 0.188. The lowest BCUT2D eigenvalue weighted by Gasteiger charge is -2.24. The summed E-state index contributed by atoms with van der Waals surface area (Å²) in [5.41, 5.74) is 8.57. The minimum Gasteiger partial charge on any atom is -0.330 e. The molecule has 0 saturated heterocycles. The molecular weight excluding hydrogens is 201 g/mol. The molecule has 2 unspecified atom stereocenters. The Morgan fingerprint density at radius 2 is 1.88 bits per heavy atom. The Kier molecular flexibility index (Phi) is 4.48. The second-order valence-electron chi connectivity index (χ2n) is 4.91. The highest BCUT2D eigenvalue weighted by Gasteiger charge is 2.25. The van der Waals surface area contributed by atoms with Crippen molar-refractivity contribution in [1.29, 1.82) is 0 Å². The number of nitrogens with two attached hydrogens (primary N) is 1. The number of benzene rings is 1. The van der Waals surface area contributed by atoms with E-state index < -0.39 is 6.17 Å². The van der Waals surface area contributed by atoms with E-state index in [4.69, 9.17) is 5.73 Å². The minimum absolute atomic E-state index is 0.0968. The third-order valence-corrected chi connectivity index (χ3v) is 3.24. The van der Waals surface area contributed by atoms with Crippen molar-refractivity contribution in [1.82, 2.24) is 0 Å². The number of hydrogen-bond acceptors (Lipinski definition) is 1. The van der Waals surface area contributed by atoms with Crippen molar-refractivity contribution in [3.8, 4) is 0 Å². The topological polar surface area (TPSA) is 26.0 Å². The van der Waals surface area contributed by atoms with Gasteiger partial charge in [-0.3, -0.25) is 0 Å². The van der Waals surface area contributed by atoms with Crippen molar-refractivity contribution in [2.24, 2.45) is 17.6 Å². The summed E-state index contributed by atoms with van der Waals surface area (Å²) in [5.74, 6) is 0.167. The van der Waals surface area contributed by atoms with E-state index in [2.05, 4.69) is 0 Å². The van der Waals surface area contributed by atoms with Crippen LogP contribution in [0.5, 0.6) is 0 Å². The van der Waals surface area contributed by atoms with E-state index in [1.54, 1.807) is 0 Å². The van der Waals surface area contributed by atoms with Crippen molar-refractivity contribution in [2.45, 2.75) is 33.9 Å². The van der Waals surface area contributed by atoms with Gasteiger partial charge in [-0.05, 0) is 37.4 Å². The lowest BCUT2D eigenvalue weighted by atomic mass is 9.85. The Bertz CT molecular complexity index is 347. The Balaban J connectivity index is 3.02. The van der Waals surface area contributed by atoms with Gasteiger partial charge in [-0.1, -0.05) is 37.6 Å². The van der Waals surface area contributed by atoms with E-state index in [-0.39, 0.29) is 11.8 Å². The van der Waals surface area contributed by atoms with Crippen LogP contribution in [0.25, 0.3) is 0 Å². The van der Waals surface area contributed by atoms with Gasteiger partial charge >= 0.3 is 0 Å². The predicted molar refractivity (Wildman–Crippen MR) is 67.1 cm³/mol. The standard InChI is InChI=1S/C14H22FN/c1-9(2)13(8-16)14(15)12-7-10(3)5-6-11(12)4/h5-7,9,13-14H,8,16H2,1-4H3. The number of alkyl halides is 1. The molecular formula is C14H22FN. The first kappa shape index (κ1) is 13.2. The molecule has 0 saturated carbocycles. The van der Waals surface area contributed by atoms with Gasteiger partial charge in [0.05, 0.1) is 0 Å². The number of aryl methyl sites for hydroxylation is 2. The summed E-state index contributed by atoms with van der Waals surface area (Å²) >= 11 is 0. The monoisotopic (exact) mass is 223 g/mol. The van der Waals surface area contributed by atoms with Gasteiger partial charge in [0.25, 0.3) is 0 Å². The van der Waals surface area contributed by atoms with Crippen molar-refractivity contribution < 1.29 is 4.39 Å². The normalized spacial score (nSPS) is 15.2. The fraction of sp³-hybridized carbons (Fsp3) is 0.571. The molecule has 0 aromatic heterocycles. The van der Waals surface area contributed by atoms with E-state index in [0.29, 0.717) is 6.54 Å². The third kappa shape index (κ3) is 2.82. The zero-order valence-electron chi connectivity index (χ0n) is 10.6. The molecule has 1 aromatic carbocycles. The van der Waals surface area contributed by atoms with Crippen LogP contribution in [0, 0.1) is 25.7 Å². The zero-order chi connectivity index (χ0) is 12.3. The van der Waals surface area contributed by atoms with Crippen LogP contribution in [0.1, 0.15) is 36.7 Å². The summed E-state index contributed by atoms with van der Waals surface area (Å²) in [6.07, 6.45) is -0.954. The highest BCUT2D eigenvalue weighted by Crippen LogP contribution is 2.33. The zero-order valence-corrected chi connectivity index (χ0v) is 10.6. The maximum Gasteiger partial charge on any atom is 0.130 e. The average molecular weight is 223 g/mol. The molecule has 2 atom stereocenters. The van der Waals surface area contributed by atoms with Crippen molar-refractivity contribution in [3.05, 3.63) is 34.9 Å². The Morgan fingerprint density at radius 3 is 2.38 bits per heavy atom. The fourth-order valence-electron chi connectivity index (χ4n) is 2.02. The van der Waals surface area contributed by atoms with Crippen LogP contribution >= 0.6 is 0 Å². The highest BCUT2D eigenvalue weighted by molar-refractivity contribution is 5.32. The molecule has 0 heterocycles. The number of rotatable bonds is 4. The molecule has 90 valence electrons. The van der Waals surface area contributed by atoms with Crippen molar-refractivity contribution >= 4 is 0 Å². The summed E-state index contributed by atoms with van der Waals surface area (Å²) in [5, 5.41) is 0. The van der Waals surface area contributed by atoms with Crippen LogP contribution in [-0.4, -0.2) is 6.54 Å². The van der Waals surface area contributed by atoms with Crippen LogP contribution in [0.4, 0.5) is 4.39 Å². The van der Waals surface area contributed by atoms with Crippen LogP contribution in [0.3, 0.4) is 0 Å². The van der Waals surface area contributed by atoms with Gasteiger partial charge in [0.15, 0.2) is 0 Å². The molecule has 1 rings (SSSR count). The second kappa shape index (κ2) is 5.44. The third-order valence-electron chi connectivity index (χ3n) is 3.24. The van der Waals surface area contributed by atoms with Gasteiger partial charge in [0.1, 0.15) is 6.17 Å². The SMILES string of the molecule is Cc1ccc(C)c(C(F)C(CN)C(C)C)c1. The first-order valence-corrected chi connectivity index (χ1v) is 5.88. The largest absolute Gasteiger partial charge is 0.330 e. The van der Waals surface area contributed by atoms with Crippen LogP contribution in [0.2, 0.25) is 0 Å². The average Bonchev–Trinajstić information content (AvgIpc) is 2.22. The van der Waals surface area contributed by atoms with Gasteiger partial charge in [0.2, 0.25) is 0 Å². The van der Waals surface area contributed by atoms with Crippen molar-refractivity contribution in [2.75, 3.05) is 6.54 Å². The summed E-state index contributed by atoms with van der Waals surface area (Å²) in [4.78, 5) is 0. The fourth-order valence-corrected chi connectivity index (χ4v) is 2.02. The molecule has 2 heteroatoms. The Labute approximate surface area is 97.9 Å². The summed E-state index contributed by atoms with van der Waals surface area (Å²) in [7, 11) is 0. The molecule has 0 bridgehead atoms. The van der Waals surface area contributed by atoms with E-state index in [9.17, 15) is 4.39 Å². The van der Waals surface area contributed by atoms with E-state index in [0.717, 1.165) is 16.7 Å². The molecule has 2 N–H and O–H groups in total.